The molecule has 6 heteroatoms. The average Bonchev–Trinajstić information content (AvgIpc) is 2.34. The number of aliphatic hydroxyl groups is 1. The first kappa shape index (κ1) is 17.1. The molecule has 1 aromatic rings. The van der Waals surface area contributed by atoms with Crippen LogP contribution in [0.15, 0.2) is 12.1 Å². The van der Waals surface area contributed by atoms with Crippen molar-refractivity contribution in [3.63, 3.8) is 0 Å². The number of nitrogens with one attached hydrogen (secondary N) is 1. The molecule has 4 nitrogen and oxygen atoms in total. The van der Waals surface area contributed by atoms with Crippen molar-refractivity contribution in [1.82, 2.24) is 5.32 Å². The highest BCUT2D eigenvalue weighted by atomic mass is 35.5. The highest BCUT2D eigenvalue weighted by molar-refractivity contribution is 6.37. The summed E-state index contributed by atoms with van der Waals surface area (Å²) in [5.41, 5.74) is 0.331. The van der Waals surface area contributed by atoms with Gasteiger partial charge in [-0.1, -0.05) is 37.0 Å². The molecular weight excluding hydrogens is 301 g/mol. The predicted molar refractivity (Wildman–Crippen MR) is 80.8 cm³/mol. The first-order valence-electron chi connectivity index (χ1n) is 6.34. The van der Waals surface area contributed by atoms with E-state index in [1.54, 1.807) is 0 Å². The van der Waals surface area contributed by atoms with Gasteiger partial charge in [0.05, 0.1) is 23.3 Å². The van der Waals surface area contributed by atoms with Crippen LogP contribution in [0.5, 0.6) is 5.75 Å². The summed E-state index contributed by atoms with van der Waals surface area (Å²) in [6.07, 6.45) is 0.0628. The minimum atomic E-state index is -0.567. The topological polar surface area (TPSA) is 58.6 Å². The van der Waals surface area contributed by atoms with E-state index in [-0.39, 0.29) is 22.5 Å². The first-order chi connectivity index (χ1) is 9.35. The Hall–Kier alpha value is -0.970. The van der Waals surface area contributed by atoms with Gasteiger partial charge in [-0.3, -0.25) is 4.79 Å². The van der Waals surface area contributed by atoms with Crippen molar-refractivity contribution in [2.45, 2.75) is 26.4 Å². The number of carbonyl (C=O) groups excluding carboxylic acids is 1. The summed E-state index contributed by atoms with van der Waals surface area (Å²) in [5, 5.41) is 12.9. The van der Waals surface area contributed by atoms with Gasteiger partial charge in [0.1, 0.15) is 0 Å². The molecule has 0 aliphatic rings. The van der Waals surface area contributed by atoms with Crippen molar-refractivity contribution in [3.8, 4) is 5.75 Å². The Labute approximate surface area is 129 Å². The van der Waals surface area contributed by atoms with Crippen LogP contribution in [-0.2, 0) is 0 Å². The van der Waals surface area contributed by atoms with Gasteiger partial charge in [-0.2, -0.15) is 0 Å². The lowest BCUT2D eigenvalue weighted by atomic mass is 10.1. The third-order valence-electron chi connectivity index (χ3n) is 2.71. The summed E-state index contributed by atoms with van der Waals surface area (Å²) in [4.78, 5) is 12.0. The van der Waals surface area contributed by atoms with E-state index in [1.807, 2.05) is 13.8 Å². The summed E-state index contributed by atoms with van der Waals surface area (Å²) in [6.45, 7) is 4.21. The fourth-order valence-corrected chi connectivity index (χ4v) is 2.47. The normalized spacial score (nSPS) is 12.3. The number of rotatable bonds is 6. The van der Waals surface area contributed by atoms with Crippen LogP contribution in [0.2, 0.25) is 10.0 Å². The summed E-state index contributed by atoms with van der Waals surface area (Å²) >= 11 is 11.9. The van der Waals surface area contributed by atoms with E-state index < -0.39 is 6.10 Å². The fraction of sp³-hybridized carbons (Fsp3) is 0.500. The van der Waals surface area contributed by atoms with E-state index in [4.69, 9.17) is 27.9 Å². The van der Waals surface area contributed by atoms with Gasteiger partial charge in [0.2, 0.25) is 0 Å². The number of halogens is 2. The lowest BCUT2D eigenvalue weighted by Crippen LogP contribution is -2.32. The number of aliphatic hydroxyl groups excluding tert-OH is 1. The molecule has 1 atom stereocenters. The molecule has 1 rings (SSSR count). The molecule has 0 aliphatic heterocycles. The quantitative estimate of drug-likeness (QED) is 0.846. The minimum absolute atomic E-state index is 0.193. The highest BCUT2D eigenvalue weighted by Gasteiger charge is 2.14. The summed E-state index contributed by atoms with van der Waals surface area (Å²) in [6, 6.07) is 2.97. The van der Waals surface area contributed by atoms with Gasteiger partial charge in [-0.25, -0.2) is 0 Å². The molecule has 0 radical (unpaired) electrons. The maximum atomic E-state index is 12.0. The second-order valence-electron chi connectivity index (χ2n) is 4.97. The first-order valence-corrected chi connectivity index (χ1v) is 7.10. The van der Waals surface area contributed by atoms with Crippen molar-refractivity contribution in [1.29, 1.82) is 0 Å². The number of hydrogen-bond donors (Lipinski definition) is 2. The summed E-state index contributed by atoms with van der Waals surface area (Å²) in [5.74, 6) is 0.371. The van der Waals surface area contributed by atoms with Crippen LogP contribution >= 0.6 is 23.2 Å². The molecular formula is C14H19Cl2NO3. The largest absolute Gasteiger partial charge is 0.494 e. The van der Waals surface area contributed by atoms with Crippen molar-refractivity contribution in [3.05, 3.63) is 27.7 Å². The van der Waals surface area contributed by atoms with E-state index in [0.29, 0.717) is 23.7 Å². The number of carbonyl (C=O) groups is 1. The van der Waals surface area contributed by atoms with Crippen LogP contribution in [0.1, 0.15) is 30.6 Å². The van der Waals surface area contributed by atoms with E-state index in [0.717, 1.165) is 0 Å². The van der Waals surface area contributed by atoms with Gasteiger partial charge in [-0.05, 0) is 24.5 Å². The molecule has 0 saturated carbocycles. The zero-order chi connectivity index (χ0) is 15.3. The van der Waals surface area contributed by atoms with Gasteiger partial charge in [-0.15, -0.1) is 0 Å². The van der Waals surface area contributed by atoms with E-state index in [9.17, 15) is 9.90 Å². The molecule has 0 saturated heterocycles. The summed E-state index contributed by atoms with van der Waals surface area (Å²) < 4.78 is 5.02. The molecule has 1 amide bonds. The SMILES string of the molecule is COc1c(Cl)cc(C(=O)NCC(O)CC(C)C)cc1Cl. The van der Waals surface area contributed by atoms with Crippen molar-refractivity contribution in [2.75, 3.05) is 13.7 Å². The lowest BCUT2D eigenvalue weighted by Gasteiger charge is -2.14. The number of methoxy groups -OCH3 is 1. The molecule has 0 aliphatic carbocycles. The van der Waals surface area contributed by atoms with Crippen LogP contribution in [-0.4, -0.2) is 30.8 Å². The van der Waals surface area contributed by atoms with Gasteiger partial charge in [0.15, 0.2) is 5.75 Å². The Morgan fingerprint density at radius 2 is 1.90 bits per heavy atom. The van der Waals surface area contributed by atoms with E-state index in [2.05, 4.69) is 5.32 Å². The Bertz CT molecular complexity index is 454. The predicted octanol–water partition coefficient (Wildman–Crippen LogP) is 3.14. The van der Waals surface area contributed by atoms with Crippen molar-refractivity contribution < 1.29 is 14.6 Å². The molecule has 1 unspecified atom stereocenters. The average molecular weight is 320 g/mol. The molecule has 0 aromatic heterocycles. The lowest BCUT2D eigenvalue weighted by molar-refractivity contribution is 0.0900. The molecule has 0 fully saturated rings. The number of hydrogen-bond acceptors (Lipinski definition) is 3. The second kappa shape index (κ2) is 7.72. The maximum absolute atomic E-state index is 12.0. The van der Waals surface area contributed by atoms with Crippen molar-refractivity contribution in [2.24, 2.45) is 5.92 Å². The molecule has 1 aromatic carbocycles. The second-order valence-corrected chi connectivity index (χ2v) is 5.78. The van der Waals surface area contributed by atoms with Gasteiger partial charge in [0, 0.05) is 12.1 Å². The monoisotopic (exact) mass is 319 g/mol. The number of benzene rings is 1. The Morgan fingerprint density at radius 3 is 2.35 bits per heavy atom. The zero-order valence-electron chi connectivity index (χ0n) is 11.7. The molecule has 2 N–H and O–H groups in total. The smallest absolute Gasteiger partial charge is 0.251 e. The van der Waals surface area contributed by atoms with Gasteiger partial charge < -0.3 is 15.2 Å². The van der Waals surface area contributed by atoms with E-state index >= 15 is 0 Å². The maximum Gasteiger partial charge on any atom is 0.251 e. The Morgan fingerprint density at radius 1 is 1.35 bits per heavy atom. The standard InChI is InChI=1S/C14H19Cl2NO3/c1-8(2)4-10(18)7-17-14(19)9-5-11(15)13(20-3)12(16)6-9/h5-6,8,10,18H,4,7H2,1-3H3,(H,17,19). The Kier molecular flexibility index (Phi) is 6.59. The minimum Gasteiger partial charge on any atom is -0.494 e. The van der Waals surface area contributed by atoms with Crippen LogP contribution in [0.25, 0.3) is 0 Å². The zero-order valence-corrected chi connectivity index (χ0v) is 13.3. The van der Waals surface area contributed by atoms with Crippen molar-refractivity contribution >= 4 is 29.1 Å². The van der Waals surface area contributed by atoms with Crippen LogP contribution in [0, 0.1) is 5.92 Å². The Balaban J connectivity index is 2.69. The molecule has 0 spiro atoms. The third-order valence-corrected chi connectivity index (χ3v) is 3.27. The molecule has 20 heavy (non-hydrogen) atoms. The van der Waals surface area contributed by atoms with Crippen LogP contribution in [0.4, 0.5) is 0 Å². The fourth-order valence-electron chi connectivity index (χ4n) is 1.83. The number of amides is 1. The van der Waals surface area contributed by atoms with Crippen LogP contribution in [0.3, 0.4) is 0 Å². The number of ether oxygens (including phenoxy) is 1. The molecule has 0 heterocycles. The third kappa shape index (κ3) is 4.85. The van der Waals surface area contributed by atoms with Gasteiger partial charge in [0.25, 0.3) is 5.91 Å². The van der Waals surface area contributed by atoms with Crippen LogP contribution < -0.4 is 10.1 Å². The highest BCUT2D eigenvalue weighted by Crippen LogP contribution is 2.33. The summed E-state index contributed by atoms with van der Waals surface area (Å²) in [7, 11) is 1.45. The molecule has 0 bridgehead atoms. The molecule has 112 valence electrons. The van der Waals surface area contributed by atoms with E-state index in [1.165, 1.54) is 19.2 Å². The van der Waals surface area contributed by atoms with Gasteiger partial charge >= 0.3 is 0 Å².